The number of benzene rings is 7. The molecule has 6 nitrogen and oxygen atoms in total. The van der Waals surface area contributed by atoms with Crippen LogP contribution >= 0.6 is 0 Å². The van der Waals surface area contributed by atoms with E-state index in [0.29, 0.717) is 44.6 Å². The molecular weight excluding hydrogens is 715 g/mol. The van der Waals surface area contributed by atoms with Crippen LogP contribution in [0.2, 0.25) is 0 Å². The van der Waals surface area contributed by atoms with E-state index in [1.807, 2.05) is 84.9 Å². The summed E-state index contributed by atoms with van der Waals surface area (Å²) < 4.78 is 14.4. The van der Waals surface area contributed by atoms with Crippen LogP contribution in [0.15, 0.2) is 118 Å². The topological polar surface area (TPSA) is 69.9 Å². The van der Waals surface area contributed by atoms with E-state index in [-0.39, 0.29) is 49.7 Å². The van der Waals surface area contributed by atoms with E-state index in [4.69, 9.17) is 86.6 Å². The number of hydrogen-bond acceptors (Lipinski definition) is 5. The van der Waals surface area contributed by atoms with Crippen molar-refractivity contribution in [1.82, 2.24) is 19.5 Å². The first-order valence-corrected chi connectivity index (χ1v) is 18.6. The number of fused-ring (bicyclic) bond motifs is 9. The maximum absolute atomic E-state index is 6.76. The summed E-state index contributed by atoms with van der Waals surface area (Å²) in [6.45, 7) is 0. The van der Waals surface area contributed by atoms with Gasteiger partial charge >= 0.3 is 0 Å². The highest BCUT2D eigenvalue weighted by molar-refractivity contribution is 6.71. The van der Waals surface area contributed by atoms with Gasteiger partial charge in [-0.1, -0.05) is 94.6 Å². The van der Waals surface area contributed by atoms with Gasteiger partial charge in [0, 0.05) is 49.3 Å². The first-order chi connectivity index (χ1) is 28.6. The zero-order chi connectivity index (χ0) is 40.4. The van der Waals surface area contributed by atoms with Crippen molar-refractivity contribution in [1.29, 1.82) is 0 Å². The fraction of sp³-hybridized carbons (Fsp3) is 0. The fourth-order valence-electron chi connectivity index (χ4n) is 8.28. The van der Waals surface area contributed by atoms with Crippen LogP contribution in [0.3, 0.4) is 0 Å². The molecule has 0 atom stereocenters. The quantitative estimate of drug-likeness (QED) is 0.260. The summed E-state index contributed by atoms with van der Waals surface area (Å²) in [6.07, 6.45) is 0. The molecule has 0 aliphatic heterocycles. The van der Waals surface area contributed by atoms with Crippen molar-refractivity contribution in [2.45, 2.75) is 0 Å². The van der Waals surface area contributed by atoms with Gasteiger partial charge in [0.2, 0.25) is 5.95 Å². The summed E-state index contributed by atoms with van der Waals surface area (Å²) in [5.41, 5.74) is 7.88. The van der Waals surface area contributed by atoms with Gasteiger partial charge in [0.05, 0.1) is 0 Å². The molecule has 0 aliphatic carbocycles. The molecule has 16 radical (unpaired) electrons. The van der Waals surface area contributed by atoms with Gasteiger partial charge in [-0.05, 0) is 52.7 Å². The molecule has 4 aromatic heterocycles. The van der Waals surface area contributed by atoms with Crippen molar-refractivity contribution in [3.05, 3.63) is 109 Å². The van der Waals surface area contributed by atoms with Crippen molar-refractivity contribution in [3.8, 4) is 39.9 Å². The maximum Gasteiger partial charge on any atom is 0.238 e. The van der Waals surface area contributed by atoms with Gasteiger partial charge < -0.3 is 8.83 Å². The molecule has 0 saturated carbocycles. The molecule has 0 spiro atoms. The first-order valence-electron chi connectivity index (χ1n) is 18.6. The number of hydrogen-bond donors (Lipinski definition) is 0. The van der Waals surface area contributed by atoms with Crippen molar-refractivity contribution in [2.24, 2.45) is 0 Å². The molecule has 59 heavy (non-hydrogen) atoms. The van der Waals surface area contributed by atoms with Crippen molar-refractivity contribution in [2.75, 3.05) is 0 Å². The Kier molecular flexibility index (Phi) is 7.84. The second-order valence-electron chi connectivity index (χ2n) is 14.5. The van der Waals surface area contributed by atoms with E-state index in [0.717, 1.165) is 55.0 Å². The Labute approximate surface area is 348 Å². The average molecular weight is 733 g/mol. The lowest BCUT2D eigenvalue weighted by Gasteiger charge is -2.17. The van der Waals surface area contributed by atoms with Crippen LogP contribution in [-0.2, 0) is 0 Å². The highest BCUT2D eigenvalue weighted by atomic mass is 16.3. The largest absolute Gasteiger partial charge is 0.456 e. The minimum atomic E-state index is 0.0721. The lowest BCUT2D eigenvalue weighted by atomic mass is 9.63. The smallest absolute Gasteiger partial charge is 0.238 e. The minimum absolute atomic E-state index is 0.0721. The van der Waals surface area contributed by atoms with E-state index in [2.05, 4.69) is 24.3 Å². The first kappa shape index (κ1) is 35.6. The van der Waals surface area contributed by atoms with Gasteiger partial charge in [-0.3, -0.25) is 4.57 Å². The van der Waals surface area contributed by atoms with Crippen molar-refractivity contribution < 1.29 is 8.83 Å². The van der Waals surface area contributed by atoms with E-state index < -0.39 is 0 Å². The Balaban J connectivity index is 1.17. The summed E-state index contributed by atoms with van der Waals surface area (Å²) in [5, 5.41) is 4.63. The Hall–Kier alpha value is -6.53. The van der Waals surface area contributed by atoms with Gasteiger partial charge in [-0.25, -0.2) is 4.98 Å². The zero-order valence-electron chi connectivity index (χ0n) is 31.1. The van der Waals surface area contributed by atoms with Crippen molar-refractivity contribution in [3.63, 3.8) is 0 Å². The molecule has 0 unspecified atom stereocenters. The molecule has 0 aliphatic rings. The van der Waals surface area contributed by atoms with Crippen LogP contribution in [0.5, 0.6) is 0 Å². The predicted molar refractivity (Wildman–Crippen MR) is 248 cm³/mol. The van der Waals surface area contributed by atoms with Gasteiger partial charge in [-0.2, -0.15) is 9.97 Å². The predicted octanol–water partition coefficient (Wildman–Crippen LogP) is 2.12. The standard InChI is InChI=1S/C45H18B8N4O2/c46-32-30-31-33(47)35(49)37(51)39(53)41(31)57(40(30)38(52)36(50)34(32)48)45-55-43(19-7-2-1-3-8-19)54-44(56-45)21-14-16-29-26(18-21)25-17-20(13-15-28(25)58-29)22-10-6-11-24-23-9-4-5-12-27(23)59-42(22)24/h1-18H. The van der Waals surface area contributed by atoms with E-state index in [1.54, 1.807) is 4.57 Å². The molecular formula is C45H18B8N4O2. The summed E-state index contributed by atoms with van der Waals surface area (Å²) in [4.78, 5) is 15.1. The maximum atomic E-state index is 6.76. The highest BCUT2D eigenvalue weighted by Crippen LogP contribution is 2.39. The van der Waals surface area contributed by atoms with Gasteiger partial charge in [0.25, 0.3) is 0 Å². The number of nitrogens with zero attached hydrogens (tertiary/aromatic N) is 4. The molecule has 0 N–H and O–H groups in total. The van der Waals surface area contributed by atoms with E-state index >= 15 is 0 Å². The third-order valence-electron chi connectivity index (χ3n) is 11.3. The summed E-state index contributed by atoms with van der Waals surface area (Å²) >= 11 is 0. The van der Waals surface area contributed by atoms with Crippen LogP contribution in [0.1, 0.15) is 0 Å². The number of furan rings is 2. The Morgan fingerprint density at radius 1 is 0.390 bits per heavy atom. The molecule has 0 bridgehead atoms. The minimum Gasteiger partial charge on any atom is -0.456 e. The molecule has 0 amide bonds. The van der Waals surface area contributed by atoms with Gasteiger partial charge in [-0.15, -0.1) is 21.9 Å². The second-order valence-corrected chi connectivity index (χ2v) is 14.5. The molecule has 11 rings (SSSR count). The zero-order valence-corrected chi connectivity index (χ0v) is 31.1. The molecule has 14 heteroatoms. The molecule has 254 valence electrons. The number of aromatic nitrogens is 4. The Morgan fingerprint density at radius 3 is 1.58 bits per heavy atom. The van der Waals surface area contributed by atoms with Crippen LogP contribution in [-0.4, -0.2) is 82.3 Å². The van der Waals surface area contributed by atoms with Crippen LogP contribution in [0.25, 0.3) is 106 Å². The molecule has 0 fully saturated rings. The third-order valence-corrected chi connectivity index (χ3v) is 11.3. The lowest BCUT2D eigenvalue weighted by molar-refractivity contribution is 0.668. The molecule has 11 aromatic rings. The molecule has 7 aromatic carbocycles. The van der Waals surface area contributed by atoms with E-state index in [9.17, 15) is 0 Å². The summed E-state index contributed by atoms with van der Waals surface area (Å²) in [5.74, 6) is 0.842. The fourth-order valence-corrected chi connectivity index (χ4v) is 8.28. The highest BCUT2D eigenvalue weighted by Gasteiger charge is 2.25. The van der Waals surface area contributed by atoms with Crippen LogP contribution in [0.4, 0.5) is 0 Å². The molecule has 4 heterocycles. The molecule has 0 saturated heterocycles. The van der Waals surface area contributed by atoms with Crippen LogP contribution < -0.4 is 43.7 Å². The van der Waals surface area contributed by atoms with Gasteiger partial charge in [0.1, 0.15) is 85.1 Å². The average Bonchev–Trinajstić information content (AvgIpc) is 3.96. The summed E-state index contributed by atoms with van der Waals surface area (Å²) in [6, 6.07) is 35.7. The second kappa shape index (κ2) is 13.0. The normalized spacial score (nSPS) is 11.9. The SMILES string of the molecule is [B]c1c([B])c([B])c2c(c1[B])c1c([B])c([B])c([B])c([B])c1n2-c1nc(-c2ccccc2)nc(-c2ccc3oc4ccc(-c5cccc6c5oc5ccccc56)cc4c3c2)n1. The Bertz CT molecular complexity index is 3540. The van der Waals surface area contributed by atoms with Gasteiger partial charge in [0.15, 0.2) is 11.6 Å². The van der Waals surface area contributed by atoms with E-state index in [1.165, 1.54) is 0 Å². The number of rotatable bonds is 4. The monoisotopic (exact) mass is 734 g/mol. The van der Waals surface area contributed by atoms with Crippen LogP contribution in [0, 0.1) is 0 Å². The lowest BCUT2D eigenvalue weighted by Crippen LogP contribution is -2.49. The van der Waals surface area contributed by atoms with Crippen molar-refractivity contribution >= 4 is 172 Å². The third kappa shape index (κ3) is 5.14. The summed E-state index contributed by atoms with van der Waals surface area (Å²) in [7, 11) is 52.5. The Morgan fingerprint density at radius 2 is 0.915 bits per heavy atom. The number of para-hydroxylation sites is 2.